The number of furan rings is 1. The zero-order chi connectivity index (χ0) is 31.2. The van der Waals surface area contributed by atoms with Gasteiger partial charge in [0.1, 0.15) is 23.4 Å². The van der Waals surface area contributed by atoms with Crippen LogP contribution in [0.25, 0.3) is 22.4 Å². The highest BCUT2D eigenvalue weighted by Crippen LogP contribution is 2.38. The third kappa shape index (κ3) is 6.49. The van der Waals surface area contributed by atoms with Crippen LogP contribution in [0.1, 0.15) is 29.0 Å². The number of carbonyl (C=O) groups excluding carboxylic acids is 2. The molecule has 0 aliphatic carbocycles. The largest absolute Gasteiger partial charge is 0.467 e. The number of aromatic nitrogens is 1. The van der Waals surface area contributed by atoms with E-state index in [-0.39, 0.29) is 30.5 Å². The van der Waals surface area contributed by atoms with Gasteiger partial charge in [0.2, 0.25) is 5.91 Å². The Kier molecular flexibility index (Phi) is 9.09. The average molecular weight is 616 g/mol. The molecule has 1 saturated heterocycles. The van der Waals surface area contributed by atoms with Crippen LogP contribution in [-0.4, -0.2) is 59.4 Å². The number of rotatable bonds is 9. The number of ether oxygens (including phenoxy) is 2. The van der Waals surface area contributed by atoms with Gasteiger partial charge in [0.05, 0.1) is 12.0 Å². The van der Waals surface area contributed by atoms with Crippen molar-refractivity contribution in [3.8, 4) is 34.2 Å². The molecule has 44 heavy (non-hydrogen) atoms. The maximum atomic E-state index is 13.0. The van der Waals surface area contributed by atoms with Gasteiger partial charge in [-0.1, -0.05) is 23.7 Å². The van der Waals surface area contributed by atoms with Crippen molar-refractivity contribution in [3.05, 3.63) is 83.3 Å². The van der Waals surface area contributed by atoms with E-state index in [0.29, 0.717) is 51.7 Å². The van der Waals surface area contributed by atoms with E-state index < -0.39 is 23.9 Å². The van der Waals surface area contributed by atoms with Crippen LogP contribution in [0.3, 0.4) is 0 Å². The van der Waals surface area contributed by atoms with Crippen LogP contribution in [0.2, 0.25) is 5.02 Å². The standard InChI is InChI=1S/C31H26ClN5O7/c1-42-17-44-27-14-19(32)9-10-21(27)24-15-22(23(16-33)28(35-24)36-30(39)26-8-4-12-43-26)18-5-2-6-20(13-18)34-29(38)25-7-3-11-37(25)31(40)41/h2,4-6,8-10,12-15,25H,3,7,11,17H2,1H3,(H,34,38)(H,40,41)(H,35,36,39)/t25-/m1/s1. The topological polar surface area (TPSA) is 167 Å². The number of nitrogens with zero attached hydrogens (tertiary/aromatic N) is 3. The molecular formula is C31H26ClN5O7. The first kappa shape index (κ1) is 30.1. The number of nitrogens with one attached hydrogen (secondary N) is 2. The Morgan fingerprint density at radius 1 is 1.14 bits per heavy atom. The molecule has 12 nitrogen and oxygen atoms in total. The Balaban J connectivity index is 1.59. The Morgan fingerprint density at radius 2 is 1.98 bits per heavy atom. The summed E-state index contributed by atoms with van der Waals surface area (Å²) >= 11 is 6.23. The van der Waals surface area contributed by atoms with Crippen molar-refractivity contribution in [2.75, 3.05) is 31.1 Å². The van der Waals surface area contributed by atoms with Gasteiger partial charge in [0.25, 0.3) is 5.91 Å². The van der Waals surface area contributed by atoms with E-state index in [1.807, 2.05) is 0 Å². The summed E-state index contributed by atoms with van der Waals surface area (Å²) in [5.41, 5.74) is 2.21. The molecule has 1 aliphatic heterocycles. The van der Waals surface area contributed by atoms with Crippen molar-refractivity contribution in [2.24, 2.45) is 0 Å². The van der Waals surface area contributed by atoms with Crippen molar-refractivity contribution in [1.82, 2.24) is 9.88 Å². The second kappa shape index (κ2) is 13.3. The quantitative estimate of drug-likeness (QED) is 0.196. The number of carboxylic acid groups (broad SMARTS) is 1. The monoisotopic (exact) mass is 615 g/mol. The molecule has 0 unspecified atom stereocenters. The van der Waals surface area contributed by atoms with Crippen LogP contribution in [-0.2, 0) is 9.53 Å². The Morgan fingerprint density at radius 3 is 2.70 bits per heavy atom. The first-order chi connectivity index (χ1) is 21.3. The third-order valence-corrected chi connectivity index (χ3v) is 7.14. The highest BCUT2D eigenvalue weighted by molar-refractivity contribution is 6.30. The number of methoxy groups -OCH3 is 1. The summed E-state index contributed by atoms with van der Waals surface area (Å²) in [5, 5.41) is 25.6. The fourth-order valence-corrected chi connectivity index (χ4v) is 5.06. The summed E-state index contributed by atoms with van der Waals surface area (Å²) in [7, 11) is 1.47. The van der Waals surface area contributed by atoms with Gasteiger partial charge >= 0.3 is 6.09 Å². The van der Waals surface area contributed by atoms with Gasteiger partial charge in [-0.05, 0) is 66.9 Å². The summed E-state index contributed by atoms with van der Waals surface area (Å²) in [4.78, 5) is 43.3. The maximum Gasteiger partial charge on any atom is 0.407 e. The molecule has 13 heteroatoms. The van der Waals surface area contributed by atoms with Crippen molar-refractivity contribution >= 4 is 41.0 Å². The van der Waals surface area contributed by atoms with Crippen molar-refractivity contribution < 1.29 is 33.4 Å². The van der Waals surface area contributed by atoms with Gasteiger partial charge in [0.15, 0.2) is 18.4 Å². The molecule has 2 aromatic heterocycles. The van der Waals surface area contributed by atoms with Crippen LogP contribution < -0.4 is 15.4 Å². The van der Waals surface area contributed by atoms with Gasteiger partial charge in [-0.25, -0.2) is 9.78 Å². The summed E-state index contributed by atoms with van der Waals surface area (Å²) in [6.07, 6.45) is 1.20. The molecule has 0 spiro atoms. The molecular weight excluding hydrogens is 590 g/mol. The highest BCUT2D eigenvalue weighted by Gasteiger charge is 2.34. The minimum atomic E-state index is -1.15. The predicted molar refractivity (Wildman–Crippen MR) is 160 cm³/mol. The number of hydrogen-bond donors (Lipinski definition) is 3. The smallest absolute Gasteiger partial charge is 0.407 e. The minimum Gasteiger partial charge on any atom is -0.467 e. The number of carbonyl (C=O) groups is 3. The van der Waals surface area contributed by atoms with Crippen molar-refractivity contribution in [1.29, 1.82) is 5.26 Å². The summed E-state index contributed by atoms with van der Waals surface area (Å²) in [6, 6.07) is 17.7. The molecule has 3 amide bonds. The molecule has 0 bridgehead atoms. The lowest BCUT2D eigenvalue weighted by atomic mass is 9.97. The number of pyridine rings is 1. The van der Waals surface area contributed by atoms with Crippen molar-refractivity contribution in [2.45, 2.75) is 18.9 Å². The van der Waals surface area contributed by atoms with E-state index in [0.717, 1.165) is 4.90 Å². The number of anilines is 2. The highest BCUT2D eigenvalue weighted by atomic mass is 35.5. The second-order valence-corrected chi connectivity index (χ2v) is 10.2. The van der Waals surface area contributed by atoms with Crippen LogP contribution in [0.4, 0.5) is 16.3 Å². The SMILES string of the molecule is COCOc1cc(Cl)ccc1-c1cc(-c2cccc(NC(=O)[C@H]3CCCN3C(=O)O)c2)c(C#N)c(NC(=O)c2ccco2)n1. The molecule has 1 aliphatic rings. The lowest BCUT2D eigenvalue weighted by Gasteiger charge is -2.21. The number of halogens is 1. The van der Waals surface area contributed by atoms with E-state index in [1.165, 1.54) is 19.4 Å². The number of likely N-dealkylation sites (tertiary alicyclic amines) is 1. The number of nitriles is 1. The molecule has 1 fully saturated rings. The third-order valence-electron chi connectivity index (χ3n) is 6.90. The fraction of sp³-hybridized carbons (Fsp3) is 0.194. The van der Waals surface area contributed by atoms with E-state index >= 15 is 0 Å². The molecule has 0 radical (unpaired) electrons. The summed E-state index contributed by atoms with van der Waals surface area (Å²) < 4.78 is 16.0. The van der Waals surface area contributed by atoms with Crippen LogP contribution in [0, 0.1) is 11.3 Å². The first-order valence-electron chi connectivity index (χ1n) is 13.4. The maximum absolute atomic E-state index is 13.0. The van der Waals surface area contributed by atoms with Gasteiger partial charge in [-0.15, -0.1) is 0 Å². The average Bonchev–Trinajstić information content (AvgIpc) is 3.73. The molecule has 3 heterocycles. The first-order valence-corrected chi connectivity index (χ1v) is 13.8. The zero-order valence-corrected chi connectivity index (χ0v) is 24.1. The predicted octanol–water partition coefficient (Wildman–Crippen LogP) is 5.85. The molecule has 4 aromatic rings. The van der Waals surface area contributed by atoms with E-state index in [2.05, 4.69) is 21.7 Å². The summed E-state index contributed by atoms with van der Waals surface area (Å²) in [6.45, 7) is 0.215. The van der Waals surface area contributed by atoms with Crippen LogP contribution in [0.15, 0.2) is 71.3 Å². The lowest BCUT2D eigenvalue weighted by Crippen LogP contribution is -2.42. The van der Waals surface area contributed by atoms with E-state index in [9.17, 15) is 24.8 Å². The number of hydrogen-bond acceptors (Lipinski definition) is 8. The zero-order valence-electron chi connectivity index (χ0n) is 23.4. The molecule has 0 saturated carbocycles. The molecule has 3 N–H and O–H groups in total. The fourth-order valence-electron chi connectivity index (χ4n) is 4.90. The molecule has 1 atom stereocenters. The Hall–Kier alpha value is -5.38. The van der Waals surface area contributed by atoms with Gasteiger partial charge in [0, 0.05) is 35.5 Å². The van der Waals surface area contributed by atoms with Gasteiger partial charge in [-0.3, -0.25) is 14.5 Å². The normalized spacial score (nSPS) is 14.1. The van der Waals surface area contributed by atoms with Gasteiger partial charge in [-0.2, -0.15) is 5.26 Å². The van der Waals surface area contributed by atoms with Crippen molar-refractivity contribution in [3.63, 3.8) is 0 Å². The number of amides is 3. The second-order valence-electron chi connectivity index (χ2n) is 9.72. The van der Waals surface area contributed by atoms with Gasteiger partial charge < -0.3 is 29.6 Å². The minimum absolute atomic E-state index is 0.0188. The van der Waals surface area contributed by atoms with Crippen LogP contribution in [0.5, 0.6) is 5.75 Å². The van der Waals surface area contributed by atoms with E-state index in [4.69, 9.17) is 25.5 Å². The van der Waals surface area contributed by atoms with Crippen LogP contribution >= 0.6 is 11.6 Å². The summed E-state index contributed by atoms with van der Waals surface area (Å²) in [5.74, 6) is -0.733. The number of benzene rings is 2. The molecule has 5 rings (SSSR count). The Labute approximate surface area is 256 Å². The van der Waals surface area contributed by atoms with E-state index in [1.54, 1.807) is 54.6 Å². The Bertz CT molecular complexity index is 1750. The molecule has 2 aromatic carbocycles. The molecule has 224 valence electrons. The lowest BCUT2D eigenvalue weighted by molar-refractivity contribution is -0.119.